The van der Waals surface area contributed by atoms with Crippen LogP contribution in [0.4, 0.5) is 0 Å². The molecule has 1 heterocycles. The van der Waals surface area contributed by atoms with Crippen LogP contribution >= 0.6 is 0 Å². The first kappa shape index (κ1) is 8.53. The van der Waals surface area contributed by atoms with E-state index in [1.807, 2.05) is 13.8 Å². The van der Waals surface area contributed by atoms with Crippen molar-refractivity contribution in [2.75, 3.05) is 0 Å². The lowest BCUT2D eigenvalue weighted by atomic mass is 9.92. The van der Waals surface area contributed by atoms with Crippen LogP contribution in [0.25, 0.3) is 0 Å². The van der Waals surface area contributed by atoms with Crippen molar-refractivity contribution >= 4 is 5.91 Å². The van der Waals surface area contributed by atoms with E-state index in [9.17, 15) is 4.79 Å². The number of ether oxygens (including phenoxy) is 1. The van der Waals surface area contributed by atoms with Crippen molar-refractivity contribution in [1.82, 2.24) is 0 Å². The van der Waals surface area contributed by atoms with Gasteiger partial charge in [0, 0.05) is 0 Å². The van der Waals surface area contributed by atoms with E-state index in [0.29, 0.717) is 0 Å². The highest BCUT2D eigenvalue weighted by atomic mass is 16.5. The van der Waals surface area contributed by atoms with E-state index in [1.165, 1.54) is 0 Å². The number of hydrogen-bond acceptors (Lipinski definition) is 2. The van der Waals surface area contributed by atoms with Crippen LogP contribution in [0.2, 0.25) is 0 Å². The third-order valence-corrected chi connectivity index (χ3v) is 2.26. The summed E-state index contributed by atoms with van der Waals surface area (Å²) in [5, 5.41) is 0. The molecule has 0 bridgehead atoms. The lowest BCUT2D eigenvalue weighted by molar-refractivity contribution is -0.134. The van der Waals surface area contributed by atoms with Gasteiger partial charge in [0.25, 0.3) is 0 Å². The molecule has 0 aromatic rings. The minimum absolute atomic E-state index is 0.00347. The zero-order chi connectivity index (χ0) is 8.43. The van der Waals surface area contributed by atoms with Crippen LogP contribution in [-0.2, 0) is 9.53 Å². The Morgan fingerprint density at radius 1 is 1.45 bits per heavy atom. The molecule has 1 aliphatic rings. The fourth-order valence-corrected chi connectivity index (χ4v) is 1.55. The summed E-state index contributed by atoms with van der Waals surface area (Å²) >= 11 is 0. The minimum Gasteiger partial charge on any atom is -0.375 e. The summed E-state index contributed by atoms with van der Waals surface area (Å²) in [5.41, 5.74) is 5.18. The Bertz CT molecular complexity index is 158. The van der Waals surface area contributed by atoms with Gasteiger partial charge in [0.2, 0.25) is 5.91 Å². The maximum absolute atomic E-state index is 10.8. The fraction of sp³-hybridized carbons (Fsp3) is 0.875. The van der Waals surface area contributed by atoms with Gasteiger partial charge in [0.15, 0.2) is 0 Å². The second-order valence-electron chi connectivity index (χ2n) is 3.24. The van der Waals surface area contributed by atoms with Crippen LogP contribution in [0.3, 0.4) is 0 Å². The standard InChI is InChI=1S/C8H15NO2/c1-5-3-4-7(8(9)10)6(2)11-5/h5-7H,3-4H2,1-2H3,(H2,9,10). The third kappa shape index (κ3) is 1.93. The van der Waals surface area contributed by atoms with Crippen LogP contribution < -0.4 is 5.73 Å². The van der Waals surface area contributed by atoms with Crippen molar-refractivity contribution in [3.8, 4) is 0 Å². The highest BCUT2D eigenvalue weighted by Crippen LogP contribution is 2.23. The predicted molar refractivity (Wildman–Crippen MR) is 41.9 cm³/mol. The first-order valence-electron chi connectivity index (χ1n) is 4.06. The number of carbonyl (C=O) groups is 1. The Morgan fingerprint density at radius 3 is 2.55 bits per heavy atom. The Labute approximate surface area is 66.9 Å². The molecule has 0 aliphatic carbocycles. The molecule has 1 rings (SSSR count). The summed E-state index contributed by atoms with van der Waals surface area (Å²) in [5.74, 6) is -0.310. The van der Waals surface area contributed by atoms with Gasteiger partial charge in [-0.15, -0.1) is 0 Å². The average molecular weight is 157 g/mol. The predicted octanol–water partition coefficient (Wildman–Crippen LogP) is 0.675. The van der Waals surface area contributed by atoms with Crippen molar-refractivity contribution < 1.29 is 9.53 Å². The van der Waals surface area contributed by atoms with Gasteiger partial charge in [-0.1, -0.05) is 0 Å². The normalized spacial score (nSPS) is 38.5. The summed E-state index contributed by atoms with van der Waals surface area (Å²) in [7, 11) is 0. The Kier molecular flexibility index (Phi) is 2.49. The van der Waals surface area contributed by atoms with E-state index in [1.54, 1.807) is 0 Å². The molecule has 1 fully saturated rings. The molecule has 1 amide bonds. The molecule has 0 spiro atoms. The quantitative estimate of drug-likeness (QED) is 0.608. The molecule has 3 nitrogen and oxygen atoms in total. The molecule has 3 unspecified atom stereocenters. The van der Waals surface area contributed by atoms with E-state index in [-0.39, 0.29) is 24.0 Å². The van der Waals surface area contributed by atoms with Crippen molar-refractivity contribution in [1.29, 1.82) is 0 Å². The topological polar surface area (TPSA) is 52.3 Å². The number of primary amides is 1. The smallest absolute Gasteiger partial charge is 0.223 e. The van der Waals surface area contributed by atoms with Crippen LogP contribution in [0, 0.1) is 5.92 Å². The number of carbonyl (C=O) groups excluding carboxylic acids is 1. The molecule has 11 heavy (non-hydrogen) atoms. The maximum atomic E-state index is 10.8. The van der Waals surface area contributed by atoms with E-state index < -0.39 is 0 Å². The maximum Gasteiger partial charge on any atom is 0.223 e. The zero-order valence-corrected chi connectivity index (χ0v) is 7.04. The monoisotopic (exact) mass is 157 g/mol. The molecule has 3 heteroatoms. The lowest BCUT2D eigenvalue weighted by Gasteiger charge is -2.30. The third-order valence-electron chi connectivity index (χ3n) is 2.26. The van der Waals surface area contributed by atoms with Crippen LogP contribution in [0.5, 0.6) is 0 Å². The van der Waals surface area contributed by atoms with Gasteiger partial charge in [-0.25, -0.2) is 0 Å². The van der Waals surface area contributed by atoms with Gasteiger partial charge < -0.3 is 10.5 Å². The number of amides is 1. The molecule has 1 aliphatic heterocycles. The second-order valence-corrected chi connectivity index (χ2v) is 3.24. The Hall–Kier alpha value is -0.570. The number of hydrogen-bond donors (Lipinski definition) is 1. The summed E-state index contributed by atoms with van der Waals surface area (Å²) in [6.07, 6.45) is 2.09. The van der Waals surface area contributed by atoms with E-state index >= 15 is 0 Å². The van der Waals surface area contributed by atoms with Crippen LogP contribution in [0.1, 0.15) is 26.7 Å². The lowest BCUT2D eigenvalue weighted by Crippen LogP contribution is -2.39. The molecular weight excluding hydrogens is 142 g/mol. The molecule has 0 aromatic carbocycles. The van der Waals surface area contributed by atoms with Crippen molar-refractivity contribution in [3.63, 3.8) is 0 Å². The minimum atomic E-state index is -0.232. The molecule has 0 saturated carbocycles. The highest BCUT2D eigenvalue weighted by Gasteiger charge is 2.29. The van der Waals surface area contributed by atoms with E-state index in [2.05, 4.69) is 0 Å². The van der Waals surface area contributed by atoms with Gasteiger partial charge in [-0.3, -0.25) is 4.79 Å². The summed E-state index contributed by atoms with van der Waals surface area (Å²) in [4.78, 5) is 10.8. The number of nitrogens with two attached hydrogens (primary N) is 1. The summed E-state index contributed by atoms with van der Waals surface area (Å²) in [6, 6.07) is 0. The fourth-order valence-electron chi connectivity index (χ4n) is 1.55. The largest absolute Gasteiger partial charge is 0.375 e. The van der Waals surface area contributed by atoms with Gasteiger partial charge in [-0.2, -0.15) is 0 Å². The van der Waals surface area contributed by atoms with Crippen molar-refractivity contribution in [2.24, 2.45) is 11.7 Å². The van der Waals surface area contributed by atoms with Gasteiger partial charge in [0.1, 0.15) is 0 Å². The molecule has 3 atom stereocenters. The Balaban J connectivity index is 2.50. The summed E-state index contributed by atoms with van der Waals surface area (Å²) < 4.78 is 5.46. The average Bonchev–Trinajstić information content (AvgIpc) is 1.85. The van der Waals surface area contributed by atoms with Gasteiger partial charge in [0.05, 0.1) is 18.1 Å². The molecule has 64 valence electrons. The molecule has 2 N–H and O–H groups in total. The summed E-state index contributed by atoms with van der Waals surface area (Å²) in [6.45, 7) is 3.93. The molecular formula is C8H15NO2. The molecule has 1 saturated heterocycles. The van der Waals surface area contributed by atoms with Gasteiger partial charge >= 0.3 is 0 Å². The first-order valence-corrected chi connectivity index (χ1v) is 4.06. The van der Waals surface area contributed by atoms with Crippen molar-refractivity contribution in [3.05, 3.63) is 0 Å². The zero-order valence-electron chi connectivity index (χ0n) is 7.04. The van der Waals surface area contributed by atoms with Gasteiger partial charge in [-0.05, 0) is 26.7 Å². The first-order chi connectivity index (χ1) is 5.11. The Morgan fingerprint density at radius 2 is 2.09 bits per heavy atom. The van der Waals surface area contributed by atoms with Crippen LogP contribution in [-0.4, -0.2) is 18.1 Å². The van der Waals surface area contributed by atoms with Crippen LogP contribution in [0.15, 0.2) is 0 Å². The van der Waals surface area contributed by atoms with E-state index in [0.717, 1.165) is 12.8 Å². The second kappa shape index (κ2) is 3.22. The molecule has 0 radical (unpaired) electrons. The highest BCUT2D eigenvalue weighted by molar-refractivity contribution is 5.77. The SMILES string of the molecule is CC1CCC(C(N)=O)C(C)O1. The van der Waals surface area contributed by atoms with E-state index in [4.69, 9.17) is 10.5 Å². The number of rotatable bonds is 1. The van der Waals surface area contributed by atoms with Crippen molar-refractivity contribution in [2.45, 2.75) is 38.9 Å². The molecule has 0 aromatic heterocycles.